The summed E-state index contributed by atoms with van der Waals surface area (Å²) in [7, 11) is 0. The number of hydrogen-bond donors (Lipinski definition) is 0. The van der Waals surface area contributed by atoms with Crippen molar-refractivity contribution in [2.45, 2.75) is 13.1 Å². The Morgan fingerprint density at radius 3 is 2.41 bits per heavy atom. The number of carbonyl (C=O) groups is 1. The first-order valence-electron chi connectivity index (χ1n) is 8.13. The zero-order valence-electron chi connectivity index (χ0n) is 14.3. The second kappa shape index (κ2) is 7.18. The van der Waals surface area contributed by atoms with E-state index in [1.54, 1.807) is 22.8 Å². The average molecular weight is 399 g/mol. The van der Waals surface area contributed by atoms with Crippen molar-refractivity contribution in [3.8, 4) is 0 Å². The Morgan fingerprint density at radius 2 is 1.85 bits per heavy atom. The van der Waals surface area contributed by atoms with E-state index in [9.17, 15) is 28.1 Å². The first kappa shape index (κ1) is 19.2. The summed E-state index contributed by atoms with van der Waals surface area (Å²) in [4.78, 5) is 27.1. The summed E-state index contributed by atoms with van der Waals surface area (Å²) in [6.45, 7) is 3.03. The van der Waals surface area contributed by atoms with Gasteiger partial charge in [0.2, 0.25) is 0 Å². The van der Waals surface area contributed by atoms with Crippen molar-refractivity contribution in [3.63, 3.8) is 0 Å². The summed E-state index contributed by atoms with van der Waals surface area (Å²) in [5, 5.41) is 10.9. The number of benzene rings is 1. The van der Waals surface area contributed by atoms with E-state index in [1.807, 2.05) is 0 Å². The van der Waals surface area contributed by atoms with Crippen LogP contribution in [-0.2, 0) is 6.18 Å². The molecule has 1 saturated heterocycles. The molecule has 0 radical (unpaired) electrons. The number of carbonyl (C=O) groups excluding carboxylic acids is 1. The minimum absolute atomic E-state index is 0.0778. The number of nitro groups is 1. The standard InChI is InChI=1S/C17H16F3N3O3S/c1-11-14(23(25)26)10-15(27-11)16(24)22-7-5-21(6-8-22)13-4-2-3-12(9-13)17(18,19)20/h2-4,9-10H,5-8H2,1H3. The lowest BCUT2D eigenvalue weighted by molar-refractivity contribution is -0.385. The van der Waals surface area contributed by atoms with E-state index in [1.165, 1.54) is 12.1 Å². The lowest BCUT2D eigenvalue weighted by Crippen LogP contribution is -2.48. The third kappa shape index (κ3) is 4.05. The van der Waals surface area contributed by atoms with E-state index in [0.717, 1.165) is 23.5 Å². The van der Waals surface area contributed by atoms with E-state index < -0.39 is 16.7 Å². The van der Waals surface area contributed by atoms with Crippen molar-refractivity contribution < 1.29 is 22.9 Å². The number of aryl methyl sites for hydroxylation is 1. The fraction of sp³-hybridized carbons (Fsp3) is 0.353. The number of rotatable bonds is 3. The maximum Gasteiger partial charge on any atom is 0.416 e. The molecule has 1 aliphatic rings. The quantitative estimate of drug-likeness (QED) is 0.579. The van der Waals surface area contributed by atoms with Crippen LogP contribution >= 0.6 is 11.3 Å². The van der Waals surface area contributed by atoms with Crippen LogP contribution in [0, 0.1) is 17.0 Å². The molecule has 1 aromatic carbocycles. The number of nitrogens with zero attached hydrogens (tertiary/aromatic N) is 3. The van der Waals surface area contributed by atoms with E-state index in [0.29, 0.717) is 41.6 Å². The van der Waals surface area contributed by atoms with Gasteiger partial charge in [-0.05, 0) is 25.1 Å². The number of alkyl halides is 3. The normalized spacial score (nSPS) is 15.1. The Labute approximate surface area is 157 Å². The van der Waals surface area contributed by atoms with Gasteiger partial charge in [-0.15, -0.1) is 11.3 Å². The molecular weight excluding hydrogens is 383 g/mol. The van der Waals surface area contributed by atoms with E-state index in [-0.39, 0.29) is 11.6 Å². The summed E-state index contributed by atoms with van der Waals surface area (Å²) >= 11 is 1.07. The molecule has 0 bridgehead atoms. The topological polar surface area (TPSA) is 66.7 Å². The zero-order chi connectivity index (χ0) is 19.8. The average Bonchev–Trinajstić information content (AvgIpc) is 3.03. The van der Waals surface area contributed by atoms with Crippen molar-refractivity contribution >= 4 is 28.6 Å². The van der Waals surface area contributed by atoms with Gasteiger partial charge in [0.25, 0.3) is 11.6 Å². The molecule has 0 aliphatic carbocycles. The third-order valence-corrected chi connectivity index (χ3v) is 5.43. The maximum absolute atomic E-state index is 12.9. The number of amides is 1. The largest absolute Gasteiger partial charge is 0.416 e. The van der Waals surface area contributed by atoms with Gasteiger partial charge in [0.1, 0.15) is 0 Å². The fourth-order valence-corrected chi connectivity index (χ4v) is 3.92. The lowest BCUT2D eigenvalue weighted by Gasteiger charge is -2.36. The highest BCUT2D eigenvalue weighted by molar-refractivity contribution is 7.14. The Balaban J connectivity index is 1.68. The van der Waals surface area contributed by atoms with Gasteiger partial charge >= 0.3 is 6.18 Å². The molecule has 1 amide bonds. The Morgan fingerprint density at radius 1 is 1.19 bits per heavy atom. The molecule has 1 aliphatic heterocycles. The molecular formula is C17H16F3N3O3S. The predicted molar refractivity (Wildman–Crippen MR) is 95.3 cm³/mol. The third-order valence-electron chi connectivity index (χ3n) is 4.40. The smallest absolute Gasteiger partial charge is 0.368 e. The molecule has 144 valence electrons. The van der Waals surface area contributed by atoms with Crippen molar-refractivity contribution in [2.75, 3.05) is 31.1 Å². The molecule has 10 heteroatoms. The van der Waals surface area contributed by atoms with Crippen LogP contribution in [0.3, 0.4) is 0 Å². The molecule has 0 saturated carbocycles. The maximum atomic E-state index is 12.9. The summed E-state index contributed by atoms with van der Waals surface area (Å²) in [6.07, 6.45) is -4.40. The van der Waals surface area contributed by atoms with Crippen molar-refractivity contribution in [1.29, 1.82) is 0 Å². The van der Waals surface area contributed by atoms with Gasteiger partial charge in [-0.1, -0.05) is 6.07 Å². The molecule has 0 spiro atoms. The highest BCUT2D eigenvalue weighted by Crippen LogP contribution is 2.32. The molecule has 2 aromatic rings. The molecule has 1 aromatic heterocycles. The minimum atomic E-state index is -4.40. The van der Waals surface area contributed by atoms with Gasteiger partial charge in [-0.25, -0.2) is 0 Å². The van der Waals surface area contributed by atoms with Crippen molar-refractivity contribution in [3.05, 3.63) is 55.8 Å². The Bertz CT molecular complexity index is 874. The van der Waals surface area contributed by atoms with Gasteiger partial charge < -0.3 is 9.80 Å². The van der Waals surface area contributed by atoms with E-state index >= 15 is 0 Å². The number of hydrogen-bond acceptors (Lipinski definition) is 5. The van der Waals surface area contributed by atoms with Crippen molar-refractivity contribution in [2.24, 2.45) is 0 Å². The first-order chi connectivity index (χ1) is 12.7. The SMILES string of the molecule is Cc1sc(C(=O)N2CCN(c3cccc(C(F)(F)F)c3)CC2)cc1[N+](=O)[O-]. The molecule has 6 nitrogen and oxygen atoms in total. The summed E-state index contributed by atoms with van der Waals surface area (Å²) in [5.74, 6) is -0.292. The molecule has 2 heterocycles. The zero-order valence-corrected chi connectivity index (χ0v) is 15.1. The Hall–Kier alpha value is -2.62. The predicted octanol–water partition coefficient (Wildman–Crippen LogP) is 3.95. The lowest BCUT2D eigenvalue weighted by atomic mass is 10.1. The van der Waals surface area contributed by atoms with Gasteiger partial charge in [0, 0.05) is 37.9 Å². The van der Waals surface area contributed by atoms with Crippen LogP contribution in [0.2, 0.25) is 0 Å². The second-order valence-corrected chi connectivity index (χ2v) is 7.39. The van der Waals surface area contributed by atoms with Gasteiger partial charge in [0.15, 0.2) is 0 Å². The van der Waals surface area contributed by atoms with Gasteiger partial charge in [-0.3, -0.25) is 14.9 Å². The van der Waals surface area contributed by atoms with Crippen LogP contribution < -0.4 is 4.90 Å². The summed E-state index contributed by atoms with van der Waals surface area (Å²) < 4.78 is 38.6. The minimum Gasteiger partial charge on any atom is -0.368 e. The highest BCUT2D eigenvalue weighted by atomic mass is 32.1. The number of piperazine rings is 1. The molecule has 3 rings (SSSR count). The van der Waals surface area contributed by atoms with Crippen LogP contribution in [0.15, 0.2) is 30.3 Å². The monoisotopic (exact) mass is 399 g/mol. The molecule has 0 atom stereocenters. The van der Waals surface area contributed by atoms with Crippen LogP contribution in [-0.4, -0.2) is 41.9 Å². The molecule has 0 unspecified atom stereocenters. The number of thiophene rings is 1. The number of anilines is 1. The van der Waals surface area contributed by atoms with E-state index in [4.69, 9.17) is 0 Å². The Kier molecular flexibility index (Phi) is 5.09. The fourth-order valence-electron chi connectivity index (χ4n) is 2.96. The van der Waals surface area contributed by atoms with Crippen LogP contribution in [0.4, 0.5) is 24.5 Å². The molecule has 1 fully saturated rings. The van der Waals surface area contributed by atoms with Gasteiger partial charge in [0.05, 0.1) is 20.2 Å². The van der Waals surface area contributed by atoms with Gasteiger partial charge in [-0.2, -0.15) is 13.2 Å². The first-order valence-corrected chi connectivity index (χ1v) is 8.95. The molecule has 27 heavy (non-hydrogen) atoms. The summed E-state index contributed by atoms with van der Waals surface area (Å²) in [6, 6.07) is 6.38. The highest BCUT2D eigenvalue weighted by Gasteiger charge is 2.31. The van der Waals surface area contributed by atoms with Crippen LogP contribution in [0.25, 0.3) is 0 Å². The summed E-state index contributed by atoms with van der Waals surface area (Å²) in [5.41, 5.74) is -0.328. The second-order valence-electron chi connectivity index (χ2n) is 6.14. The molecule has 0 N–H and O–H groups in total. The number of halogens is 3. The van der Waals surface area contributed by atoms with Crippen molar-refractivity contribution in [1.82, 2.24) is 4.90 Å². The van der Waals surface area contributed by atoms with Crippen LogP contribution in [0.1, 0.15) is 20.1 Å². The van der Waals surface area contributed by atoms with Crippen LogP contribution in [0.5, 0.6) is 0 Å². The van der Waals surface area contributed by atoms with E-state index in [2.05, 4.69) is 0 Å².